The number of anilines is 1. The first kappa shape index (κ1) is 23.3. The van der Waals surface area contributed by atoms with Gasteiger partial charge in [-0.2, -0.15) is 0 Å². The third-order valence-electron chi connectivity index (χ3n) is 5.21. The van der Waals surface area contributed by atoms with Crippen LogP contribution in [0.3, 0.4) is 0 Å². The van der Waals surface area contributed by atoms with Crippen molar-refractivity contribution in [1.29, 1.82) is 0 Å². The fourth-order valence-corrected chi connectivity index (χ4v) is 4.20. The summed E-state index contributed by atoms with van der Waals surface area (Å²) in [6.45, 7) is 0.436. The molecule has 3 aromatic carbocycles. The molecule has 3 aromatic rings. The molecule has 0 atom stereocenters. The first-order valence-electron chi connectivity index (χ1n) is 10.4. The van der Waals surface area contributed by atoms with Gasteiger partial charge < -0.3 is 20.1 Å². The van der Waals surface area contributed by atoms with Gasteiger partial charge in [-0.15, -0.1) is 0 Å². The third kappa shape index (κ3) is 4.87. The van der Waals surface area contributed by atoms with Gasteiger partial charge in [0.15, 0.2) is 11.5 Å². The van der Waals surface area contributed by atoms with E-state index in [9.17, 15) is 18.0 Å². The summed E-state index contributed by atoms with van der Waals surface area (Å²) in [5, 5.41) is 5.56. The van der Waals surface area contributed by atoms with Crippen molar-refractivity contribution in [2.75, 3.05) is 26.2 Å². The minimum absolute atomic E-state index is 0.0809. The number of nitrogens with one attached hydrogen (secondary N) is 2. The second-order valence-corrected chi connectivity index (χ2v) is 9.83. The molecule has 1 aliphatic rings. The Hall–Kier alpha value is -3.89. The summed E-state index contributed by atoms with van der Waals surface area (Å²) in [5.74, 6) is 0.463. The first-order valence-corrected chi connectivity index (χ1v) is 11.8. The number of hydrogen-bond donors (Lipinski definition) is 2. The second kappa shape index (κ2) is 9.54. The Morgan fingerprint density at radius 1 is 0.912 bits per heavy atom. The van der Waals surface area contributed by atoms with Gasteiger partial charge in [0.25, 0.3) is 11.8 Å². The second-order valence-electron chi connectivity index (χ2n) is 7.68. The van der Waals surface area contributed by atoms with E-state index in [4.69, 9.17) is 9.47 Å². The topological polar surface area (TPSA) is 114 Å². The van der Waals surface area contributed by atoms with E-state index in [0.717, 1.165) is 9.87 Å². The number of fused-ring (bicyclic) bond motifs is 1. The molecule has 2 amide bonds. The molecule has 1 heterocycles. The van der Waals surface area contributed by atoms with Crippen molar-refractivity contribution in [3.63, 3.8) is 0 Å². The van der Waals surface area contributed by atoms with Crippen LogP contribution < -0.4 is 20.1 Å². The van der Waals surface area contributed by atoms with E-state index < -0.39 is 15.9 Å². The normalized spacial score (nSPS) is 12.4. The molecular weight excluding hydrogens is 458 g/mol. The van der Waals surface area contributed by atoms with Crippen molar-refractivity contribution < 1.29 is 27.5 Å². The van der Waals surface area contributed by atoms with Crippen molar-refractivity contribution in [2.45, 2.75) is 11.4 Å². The molecule has 0 radical (unpaired) electrons. The number of carbonyl (C=O) groups excluding carboxylic acids is 2. The van der Waals surface area contributed by atoms with Crippen LogP contribution in [0.2, 0.25) is 0 Å². The van der Waals surface area contributed by atoms with Crippen LogP contribution in [-0.4, -0.2) is 45.4 Å². The van der Waals surface area contributed by atoms with Gasteiger partial charge in [0, 0.05) is 26.2 Å². The van der Waals surface area contributed by atoms with Crippen molar-refractivity contribution in [3.05, 3.63) is 83.4 Å². The summed E-state index contributed by atoms with van der Waals surface area (Å²) in [6, 6.07) is 17.6. The van der Waals surface area contributed by atoms with E-state index in [1.165, 1.54) is 38.4 Å². The van der Waals surface area contributed by atoms with Gasteiger partial charge in [0.2, 0.25) is 16.8 Å². The Morgan fingerprint density at radius 3 is 2.35 bits per heavy atom. The standard InChI is InChI=1S/C24H23N3O6S/c1-27(2)34(30,31)18-10-8-17(9-11-18)23(28)26-20-6-4-3-5-19(20)24(29)25-14-16-7-12-21-22(13-16)33-15-32-21/h3-13H,14-15H2,1-2H3,(H,25,29)(H,26,28). The zero-order chi connectivity index (χ0) is 24.3. The number of benzene rings is 3. The highest BCUT2D eigenvalue weighted by Gasteiger charge is 2.19. The van der Waals surface area contributed by atoms with Crippen LogP contribution in [0.15, 0.2) is 71.6 Å². The molecule has 1 aliphatic heterocycles. The highest BCUT2D eigenvalue weighted by Crippen LogP contribution is 2.32. The van der Waals surface area contributed by atoms with E-state index in [0.29, 0.717) is 22.7 Å². The molecule has 0 aliphatic carbocycles. The Morgan fingerprint density at radius 2 is 1.62 bits per heavy atom. The SMILES string of the molecule is CN(C)S(=O)(=O)c1ccc(C(=O)Nc2ccccc2C(=O)NCc2ccc3c(c2)OCO3)cc1. The maximum absolute atomic E-state index is 12.8. The summed E-state index contributed by atoms with van der Waals surface area (Å²) in [6.07, 6.45) is 0. The molecule has 0 saturated carbocycles. The predicted molar refractivity (Wildman–Crippen MR) is 125 cm³/mol. The zero-order valence-electron chi connectivity index (χ0n) is 18.6. The van der Waals surface area contributed by atoms with E-state index in [-0.39, 0.29) is 29.7 Å². The number of carbonyl (C=O) groups is 2. The van der Waals surface area contributed by atoms with Crippen LogP contribution in [0.4, 0.5) is 5.69 Å². The predicted octanol–water partition coefficient (Wildman–Crippen LogP) is 2.85. The smallest absolute Gasteiger partial charge is 0.255 e. The largest absolute Gasteiger partial charge is 0.454 e. The van der Waals surface area contributed by atoms with Gasteiger partial charge in [-0.1, -0.05) is 18.2 Å². The minimum atomic E-state index is -3.60. The van der Waals surface area contributed by atoms with Crippen LogP contribution in [0.5, 0.6) is 11.5 Å². The molecule has 10 heteroatoms. The number of ether oxygens (including phenoxy) is 2. The maximum atomic E-state index is 12.8. The number of rotatable bonds is 7. The Balaban J connectivity index is 1.44. The monoisotopic (exact) mass is 481 g/mol. The van der Waals surface area contributed by atoms with Crippen LogP contribution in [-0.2, 0) is 16.6 Å². The molecule has 176 valence electrons. The molecule has 0 saturated heterocycles. The fourth-order valence-electron chi connectivity index (χ4n) is 3.30. The van der Waals surface area contributed by atoms with Gasteiger partial charge in [-0.05, 0) is 54.1 Å². The quantitative estimate of drug-likeness (QED) is 0.537. The summed E-state index contributed by atoms with van der Waals surface area (Å²) >= 11 is 0. The van der Waals surface area contributed by atoms with E-state index in [1.54, 1.807) is 36.4 Å². The minimum Gasteiger partial charge on any atom is -0.454 e. The summed E-state index contributed by atoms with van der Waals surface area (Å²) in [7, 11) is -0.725. The van der Waals surface area contributed by atoms with Gasteiger partial charge in [-0.3, -0.25) is 9.59 Å². The van der Waals surface area contributed by atoms with Crippen LogP contribution in [0.25, 0.3) is 0 Å². The van der Waals surface area contributed by atoms with E-state index in [1.807, 2.05) is 6.07 Å². The molecule has 0 fully saturated rings. The summed E-state index contributed by atoms with van der Waals surface area (Å²) in [4.78, 5) is 25.6. The molecule has 0 unspecified atom stereocenters. The molecule has 0 spiro atoms. The van der Waals surface area contributed by atoms with Crippen molar-refractivity contribution in [2.24, 2.45) is 0 Å². The van der Waals surface area contributed by atoms with Gasteiger partial charge in [-0.25, -0.2) is 12.7 Å². The molecule has 9 nitrogen and oxygen atoms in total. The van der Waals surface area contributed by atoms with Crippen molar-refractivity contribution in [1.82, 2.24) is 9.62 Å². The maximum Gasteiger partial charge on any atom is 0.255 e. The third-order valence-corrected chi connectivity index (χ3v) is 7.03. The molecule has 0 aromatic heterocycles. The average molecular weight is 482 g/mol. The molecule has 2 N–H and O–H groups in total. The van der Waals surface area contributed by atoms with Crippen LogP contribution in [0.1, 0.15) is 26.3 Å². The molecule has 0 bridgehead atoms. The number of hydrogen-bond acceptors (Lipinski definition) is 6. The summed E-state index contributed by atoms with van der Waals surface area (Å²) < 4.78 is 36.2. The zero-order valence-corrected chi connectivity index (χ0v) is 19.4. The number of nitrogens with zero attached hydrogens (tertiary/aromatic N) is 1. The number of amides is 2. The van der Waals surface area contributed by atoms with E-state index >= 15 is 0 Å². The van der Waals surface area contributed by atoms with Crippen LogP contribution >= 0.6 is 0 Å². The number of para-hydroxylation sites is 1. The van der Waals surface area contributed by atoms with Gasteiger partial charge in [0.05, 0.1) is 16.1 Å². The molecule has 4 rings (SSSR count). The Labute approximate surface area is 197 Å². The summed E-state index contributed by atoms with van der Waals surface area (Å²) in [5.41, 5.74) is 1.73. The Kier molecular flexibility index (Phi) is 6.53. The van der Waals surface area contributed by atoms with Gasteiger partial charge in [0.1, 0.15) is 0 Å². The lowest BCUT2D eigenvalue weighted by molar-refractivity contribution is 0.0951. The average Bonchev–Trinajstić information content (AvgIpc) is 3.31. The van der Waals surface area contributed by atoms with Crippen molar-refractivity contribution >= 4 is 27.5 Å². The van der Waals surface area contributed by atoms with Crippen molar-refractivity contribution in [3.8, 4) is 11.5 Å². The fraction of sp³-hybridized carbons (Fsp3) is 0.167. The lowest BCUT2D eigenvalue weighted by atomic mass is 10.1. The van der Waals surface area contributed by atoms with Crippen LogP contribution in [0, 0.1) is 0 Å². The molecule has 34 heavy (non-hydrogen) atoms. The highest BCUT2D eigenvalue weighted by atomic mass is 32.2. The molecular formula is C24H23N3O6S. The highest BCUT2D eigenvalue weighted by molar-refractivity contribution is 7.89. The lowest BCUT2D eigenvalue weighted by Crippen LogP contribution is -2.25. The first-order chi connectivity index (χ1) is 16.3. The lowest BCUT2D eigenvalue weighted by Gasteiger charge is -2.13. The Bertz CT molecular complexity index is 1340. The van der Waals surface area contributed by atoms with E-state index in [2.05, 4.69) is 10.6 Å². The number of sulfonamides is 1. The van der Waals surface area contributed by atoms with Gasteiger partial charge >= 0.3 is 0 Å².